The second-order valence-corrected chi connectivity index (χ2v) is 11.3. The zero-order chi connectivity index (χ0) is 29.5. The molecule has 0 N–H and O–H groups in total. The van der Waals surface area contributed by atoms with E-state index in [1.54, 1.807) is 53.8 Å². The van der Waals surface area contributed by atoms with E-state index >= 15 is 0 Å². The fourth-order valence-corrected chi connectivity index (χ4v) is 5.62. The highest BCUT2D eigenvalue weighted by Gasteiger charge is 2.45. The van der Waals surface area contributed by atoms with Crippen LogP contribution >= 0.6 is 0 Å². The molecule has 1 aromatic carbocycles. The number of pyridine rings is 2. The minimum absolute atomic E-state index is 0.0750. The maximum absolute atomic E-state index is 13.3. The maximum Gasteiger partial charge on any atom is 0.261 e. The summed E-state index contributed by atoms with van der Waals surface area (Å²) < 4.78 is 7.25. The molecule has 0 saturated carbocycles. The second kappa shape index (κ2) is 11.0. The van der Waals surface area contributed by atoms with E-state index in [0.29, 0.717) is 49.4 Å². The van der Waals surface area contributed by atoms with E-state index in [1.807, 2.05) is 50.5 Å². The minimum Gasteiger partial charge on any atom is -0.464 e. The lowest BCUT2D eigenvalue weighted by molar-refractivity contribution is -0.137. The molecule has 0 bridgehead atoms. The first-order valence-electron chi connectivity index (χ1n) is 13.9. The van der Waals surface area contributed by atoms with Crippen LogP contribution in [0.4, 0.5) is 11.4 Å². The van der Waals surface area contributed by atoms with Crippen LogP contribution in [0.25, 0.3) is 11.0 Å². The average molecular weight is 556 g/mol. The molecular weight excluding hydrogens is 518 g/mol. The van der Waals surface area contributed by atoms with Gasteiger partial charge in [0.1, 0.15) is 11.0 Å². The number of amides is 2. The third-order valence-corrected chi connectivity index (χ3v) is 8.10. The predicted molar refractivity (Wildman–Crippen MR) is 160 cm³/mol. The number of fused-ring (bicyclic) bond motifs is 2. The van der Waals surface area contributed by atoms with Crippen LogP contribution in [0.5, 0.6) is 0 Å². The van der Waals surface area contributed by atoms with Crippen LogP contribution in [-0.4, -0.2) is 46.4 Å². The summed E-state index contributed by atoms with van der Waals surface area (Å²) in [7, 11) is 1.73. The Kier molecular flexibility index (Phi) is 7.57. The normalized spacial score (nSPS) is 15.1. The quantitative estimate of drug-likeness (QED) is 0.294. The Hall–Kier alpha value is -4.24. The lowest BCUT2D eigenvalue weighted by atomic mass is 9.90. The van der Waals surface area contributed by atoms with Crippen LogP contribution in [0.1, 0.15) is 43.0 Å². The number of hydrogen-bond donors (Lipinski definition) is 0. The molecule has 9 nitrogen and oxygen atoms in total. The second-order valence-electron chi connectivity index (χ2n) is 11.3. The number of furan rings is 1. The van der Waals surface area contributed by atoms with Crippen LogP contribution in [0.3, 0.4) is 0 Å². The van der Waals surface area contributed by atoms with Gasteiger partial charge >= 0.3 is 0 Å². The SMILES string of the molecule is CCN1C(=O)C(C)(C)C(=O)N(C)c2cc(CN(CCn3cc(C)c4occc4c3=O)Cc3cnccc3C)ccc21. The molecule has 0 saturated heterocycles. The highest BCUT2D eigenvalue weighted by atomic mass is 16.3. The number of aromatic nitrogens is 2. The van der Waals surface area contributed by atoms with Crippen molar-refractivity contribution in [2.24, 2.45) is 5.41 Å². The number of benzene rings is 1. The van der Waals surface area contributed by atoms with Crippen molar-refractivity contribution in [2.45, 2.75) is 54.3 Å². The first-order valence-corrected chi connectivity index (χ1v) is 13.9. The third-order valence-electron chi connectivity index (χ3n) is 8.10. The van der Waals surface area contributed by atoms with Crippen LogP contribution < -0.4 is 15.4 Å². The van der Waals surface area contributed by atoms with E-state index in [0.717, 1.165) is 27.9 Å². The molecule has 4 heterocycles. The molecule has 2 amide bonds. The Labute approximate surface area is 240 Å². The van der Waals surface area contributed by atoms with Crippen molar-refractivity contribution in [3.8, 4) is 0 Å². The standard InChI is InChI=1S/C32H37N5O4/c1-7-37-26-9-8-23(16-27(26)34(6)30(39)32(4,5)31(37)40)19-35(20-24-17-33-12-10-21(24)2)13-14-36-18-22(3)28-25(29(36)38)11-15-41-28/h8-12,15-18H,7,13-14,19-20H2,1-6H3. The van der Waals surface area contributed by atoms with Gasteiger partial charge in [0.05, 0.1) is 23.0 Å². The van der Waals surface area contributed by atoms with E-state index in [-0.39, 0.29) is 17.4 Å². The van der Waals surface area contributed by atoms with Gasteiger partial charge < -0.3 is 18.8 Å². The molecule has 0 fully saturated rings. The zero-order valence-corrected chi connectivity index (χ0v) is 24.6. The van der Waals surface area contributed by atoms with Gasteiger partial charge in [0.15, 0.2) is 0 Å². The molecule has 1 aliphatic rings. The lowest BCUT2D eigenvalue weighted by Gasteiger charge is -2.27. The Balaban J connectivity index is 1.47. The van der Waals surface area contributed by atoms with Crippen LogP contribution in [0.2, 0.25) is 0 Å². The first kappa shape index (κ1) is 28.3. The molecule has 3 aromatic heterocycles. The topological polar surface area (TPSA) is 91.9 Å². The summed E-state index contributed by atoms with van der Waals surface area (Å²) in [5.41, 5.74) is 5.00. The summed E-state index contributed by atoms with van der Waals surface area (Å²) in [4.78, 5) is 49.6. The molecule has 0 atom stereocenters. The van der Waals surface area contributed by atoms with Gasteiger partial charge in [-0.25, -0.2) is 0 Å². The molecule has 0 spiro atoms. The smallest absolute Gasteiger partial charge is 0.261 e. The Morgan fingerprint density at radius 1 is 0.976 bits per heavy atom. The van der Waals surface area contributed by atoms with Gasteiger partial charge in [-0.2, -0.15) is 0 Å². The number of carbonyl (C=O) groups is 2. The van der Waals surface area contributed by atoms with E-state index in [4.69, 9.17) is 4.42 Å². The van der Waals surface area contributed by atoms with Crippen molar-refractivity contribution in [1.29, 1.82) is 0 Å². The van der Waals surface area contributed by atoms with Crippen molar-refractivity contribution in [3.05, 3.63) is 87.8 Å². The van der Waals surface area contributed by atoms with E-state index in [1.165, 1.54) is 0 Å². The van der Waals surface area contributed by atoms with E-state index in [9.17, 15) is 14.4 Å². The van der Waals surface area contributed by atoms with Crippen molar-refractivity contribution in [2.75, 3.05) is 29.9 Å². The summed E-state index contributed by atoms with van der Waals surface area (Å²) in [5, 5.41) is 0.580. The molecule has 4 aromatic rings. The van der Waals surface area contributed by atoms with Crippen molar-refractivity contribution >= 4 is 34.2 Å². The number of rotatable bonds is 8. The minimum atomic E-state index is -1.16. The van der Waals surface area contributed by atoms with E-state index in [2.05, 4.69) is 16.8 Å². The monoisotopic (exact) mass is 555 g/mol. The molecule has 9 heteroatoms. The van der Waals surface area contributed by atoms with Gasteiger partial charge in [-0.1, -0.05) is 6.07 Å². The highest BCUT2D eigenvalue weighted by Crippen LogP contribution is 2.39. The molecule has 1 aliphatic heterocycles. The number of hydrogen-bond acceptors (Lipinski definition) is 6. The fourth-order valence-electron chi connectivity index (χ4n) is 5.62. The number of anilines is 2. The average Bonchev–Trinajstić information content (AvgIpc) is 3.45. The Bertz CT molecular complexity index is 1690. The van der Waals surface area contributed by atoms with Gasteiger partial charge in [0.2, 0.25) is 11.8 Å². The summed E-state index contributed by atoms with van der Waals surface area (Å²) in [6.45, 7) is 12.1. The highest BCUT2D eigenvalue weighted by molar-refractivity contribution is 6.19. The molecule has 0 unspecified atom stereocenters. The predicted octanol–water partition coefficient (Wildman–Crippen LogP) is 4.66. The molecular formula is C32H37N5O4. The zero-order valence-electron chi connectivity index (χ0n) is 24.6. The molecule has 0 aliphatic carbocycles. The molecule has 5 rings (SSSR count). The number of carbonyl (C=O) groups excluding carboxylic acids is 2. The van der Waals surface area contributed by atoms with Crippen molar-refractivity contribution < 1.29 is 14.0 Å². The summed E-state index contributed by atoms with van der Waals surface area (Å²) in [5.74, 6) is -0.434. The summed E-state index contributed by atoms with van der Waals surface area (Å²) in [6.07, 6.45) is 7.07. The molecule has 0 radical (unpaired) electrons. The van der Waals surface area contributed by atoms with Crippen LogP contribution in [0.15, 0.2) is 64.4 Å². The number of nitrogens with zero attached hydrogens (tertiary/aromatic N) is 5. The van der Waals surface area contributed by atoms with Crippen LogP contribution in [0, 0.1) is 19.3 Å². The molecule has 214 valence electrons. The van der Waals surface area contributed by atoms with Gasteiger partial charge in [-0.3, -0.25) is 24.3 Å². The lowest BCUT2D eigenvalue weighted by Crippen LogP contribution is -2.47. The summed E-state index contributed by atoms with van der Waals surface area (Å²) in [6, 6.07) is 9.67. The van der Waals surface area contributed by atoms with Crippen LogP contribution in [-0.2, 0) is 29.2 Å². The summed E-state index contributed by atoms with van der Waals surface area (Å²) >= 11 is 0. The maximum atomic E-state index is 13.3. The Morgan fingerprint density at radius 3 is 2.49 bits per heavy atom. The Morgan fingerprint density at radius 2 is 1.76 bits per heavy atom. The van der Waals surface area contributed by atoms with Gasteiger partial charge in [-0.05, 0) is 75.6 Å². The van der Waals surface area contributed by atoms with Gasteiger partial charge in [0, 0.05) is 63.9 Å². The molecule has 41 heavy (non-hydrogen) atoms. The number of aryl methyl sites for hydroxylation is 2. The third kappa shape index (κ3) is 5.17. The fraction of sp³-hybridized carbons (Fsp3) is 0.375. The van der Waals surface area contributed by atoms with Gasteiger partial charge in [0.25, 0.3) is 5.56 Å². The van der Waals surface area contributed by atoms with Crippen molar-refractivity contribution in [1.82, 2.24) is 14.5 Å². The largest absolute Gasteiger partial charge is 0.464 e. The van der Waals surface area contributed by atoms with Gasteiger partial charge in [-0.15, -0.1) is 0 Å². The van der Waals surface area contributed by atoms with E-state index < -0.39 is 5.41 Å². The first-order chi connectivity index (χ1) is 19.5. The van der Waals surface area contributed by atoms with Crippen molar-refractivity contribution in [3.63, 3.8) is 0 Å².